The predicted octanol–water partition coefficient (Wildman–Crippen LogP) is 4.17. The molecule has 0 radical (unpaired) electrons. The molecule has 0 saturated heterocycles. The molecule has 9 heteroatoms. The van der Waals surface area contributed by atoms with Gasteiger partial charge in [-0.3, -0.25) is 10.2 Å². The molecule has 1 aromatic heterocycles. The Balaban J connectivity index is 1.77. The zero-order valence-corrected chi connectivity index (χ0v) is 17.0. The summed E-state index contributed by atoms with van der Waals surface area (Å²) in [4.78, 5) is 18.2. The molecule has 3 heterocycles. The van der Waals surface area contributed by atoms with Crippen LogP contribution in [-0.4, -0.2) is 37.8 Å². The standard InChI is InChI=1S/C19H16FN5OS2/c1-10-8-12(11(2)24(10)14-6-4-13(20)5-7-14)9-15-16(21)25-18(22-17(15)26)28-23-19(25)27-3/h4-9,21H,1-3H3/b15-9-,21-16?. The summed E-state index contributed by atoms with van der Waals surface area (Å²) in [5.74, 6) is -0.675. The van der Waals surface area contributed by atoms with Gasteiger partial charge in [-0.2, -0.15) is 9.39 Å². The summed E-state index contributed by atoms with van der Waals surface area (Å²) in [6, 6.07) is 8.18. The van der Waals surface area contributed by atoms with Gasteiger partial charge in [-0.25, -0.2) is 9.29 Å². The average Bonchev–Trinajstić information content (AvgIpc) is 3.20. The molecule has 0 saturated carbocycles. The number of aliphatic imine (C=N–C) groups is 1. The molecule has 2 aliphatic heterocycles. The van der Waals surface area contributed by atoms with E-state index in [0.29, 0.717) is 10.3 Å². The Morgan fingerprint density at radius 1 is 1.25 bits per heavy atom. The number of amidine groups is 3. The normalized spacial score (nSPS) is 17.9. The van der Waals surface area contributed by atoms with Gasteiger partial charge in [-0.15, -0.1) is 0 Å². The Hall–Kier alpha value is -2.65. The molecule has 0 aliphatic carbocycles. The van der Waals surface area contributed by atoms with E-state index in [1.54, 1.807) is 23.1 Å². The highest BCUT2D eigenvalue weighted by Gasteiger charge is 2.37. The molecule has 0 atom stereocenters. The van der Waals surface area contributed by atoms with Crippen LogP contribution in [0.5, 0.6) is 0 Å². The minimum atomic E-state index is -0.451. The van der Waals surface area contributed by atoms with Gasteiger partial charge < -0.3 is 4.57 Å². The fraction of sp³-hybridized carbons (Fsp3) is 0.158. The van der Waals surface area contributed by atoms with Gasteiger partial charge in [-0.1, -0.05) is 11.8 Å². The van der Waals surface area contributed by atoms with Crippen molar-refractivity contribution >= 4 is 51.9 Å². The van der Waals surface area contributed by atoms with Crippen molar-refractivity contribution < 1.29 is 9.18 Å². The fourth-order valence-corrected chi connectivity index (χ4v) is 4.66. The minimum absolute atomic E-state index is 0.0692. The maximum atomic E-state index is 13.3. The highest BCUT2D eigenvalue weighted by atomic mass is 32.2. The molecule has 1 aromatic carbocycles. The highest BCUT2D eigenvalue weighted by Crippen LogP contribution is 2.32. The largest absolute Gasteiger partial charge is 0.318 e. The number of rotatable bonds is 2. The lowest BCUT2D eigenvalue weighted by molar-refractivity contribution is -0.114. The maximum absolute atomic E-state index is 13.3. The summed E-state index contributed by atoms with van der Waals surface area (Å²) >= 11 is 2.50. The number of fused-ring (bicyclic) bond motifs is 1. The number of thioether (sulfide) groups is 1. The lowest BCUT2D eigenvalue weighted by Gasteiger charge is -2.23. The first-order valence-electron chi connectivity index (χ1n) is 8.38. The number of halogens is 1. The molecule has 0 spiro atoms. The molecule has 0 bridgehead atoms. The van der Waals surface area contributed by atoms with Crippen molar-refractivity contribution in [3.05, 3.63) is 58.7 Å². The van der Waals surface area contributed by atoms with Crippen LogP contribution in [0.4, 0.5) is 4.39 Å². The molecule has 2 aliphatic rings. The molecular weight excluding hydrogens is 397 g/mol. The Morgan fingerprint density at radius 3 is 2.64 bits per heavy atom. The van der Waals surface area contributed by atoms with Crippen molar-refractivity contribution in [2.75, 3.05) is 6.26 Å². The molecule has 6 nitrogen and oxygen atoms in total. The number of nitrogens with zero attached hydrogens (tertiary/aromatic N) is 4. The molecule has 1 amide bonds. The van der Waals surface area contributed by atoms with Crippen LogP contribution in [0.1, 0.15) is 17.0 Å². The van der Waals surface area contributed by atoms with Gasteiger partial charge in [-0.05, 0) is 62.1 Å². The number of benzene rings is 1. The zero-order valence-electron chi connectivity index (χ0n) is 15.4. The number of nitrogens with one attached hydrogen (secondary N) is 1. The number of aromatic nitrogens is 1. The van der Waals surface area contributed by atoms with Crippen molar-refractivity contribution in [2.45, 2.75) is 13.8 Å². The summed E-state index contributed by atoms with van der Waals surface area (Å²) in [5.41, 5.74) is 3.69. The smallest absolute Gasteiger partial charge is 0.283 e. The molecule has 0 fully saturated rings. The second-order valence-electron chi connectivity index (χ2n) is 6.25. The third-order valence-corrected chi connectivity index (χ3v) is 5.99. The third-order valence-electron chi connectivity index (χ3n) is 4.53. The molecule has 4 rings (SSSR count). The van der Waals surface area contributed by atoms with Gasteiger partial charge in [0, 0.05) is 17.1 Å². The van der Waals surface area contributed by atoms with E-state index in [0.717, 1.165) is 34.6 Å². The fourth-order valence-electron chi connectivity index (χ4n) is 3.21. The van der Waals surface area contributed by atoms with E-state index < -0.39 is 5.91 Å². The number of hydrogen-bond donors (Lipinski definition) is 1. The zero-order chi connectivity index (χ0) is 20.0. The first-order valence-corrected chi connectivity index (χ1v) is 10.4. The summed E-state index contributed by atoms with van der Waals surface area (Å²) < 4.78 is 19.5. The number of aryl methyl sites for hydroxylation is 1. The molecular formula is C19H16FN5OS2. The van der Waals surface area contributed by atoms with Crippen LogP contribution in [0.3, 0.4) is 0 Å². The SMILES string of the molecule is CSC1=NSC2=NC(=O)/C(=C\c3cc(C)n(-c4ccc(F)cc4)c3C)C(=N)N12. The van der Waals surface area contributed by atoms with E-state index >= 15 is 0 Å². The lowest BCUT2D eigenvalue weighted by Crippen LogP contribution is -2.41. The average molecular weight is 414 g/mol. The second-order valence-corrected chi connectivity index (χ2v) is 7.75. The van der Waals surface area contributed by atoms with Gasteiger partial charge in [0.15, 0.2) is 5.17 Å². The van der Waals surface area contributed by atoms with Crippen LogP contribution >= 0.6 is 23.7 Å². The lowest BCUT2D eigenvalue weighted by atomic mass is 10.1. The van der Waals surface area contributed by atoms with Crippen LogP contribution < -0.4 is 0 Å². The van der Waals surface area contributed by atoms with Gasteiger partial charge in [0.1, 0.15) is 11.7 Å². The van der Waals surface area contributed by atoms with Crippen LogP contribution in [-0.2, 0) is 4.79 Å². The van der Waals surface area contributed by atoms with E-state index in [4.69, 9.17) is 5.41 Å². The first-order chi connectivity index (χ1) is 13.4. The van der Waals surface area contributed by atoms with Gasteiger partial charge in [0.2, 0.25) is 5.17 Å². The Morgan fingerprint density at radius 2 is 1.96 bits per heavy atom. The van der Waals surface area contributed by atoms with Crippen molar-refractivity contribution in [3.63, 3.8) is 0 Å². The molecule has 2 aromatic rings. The molecule has 0 unspecified atom stereocenters. The molecule has 1 N–H and O–H groups in total. The van der Waals surface area contributed by atoms with E-state index in [1.807, 2.05) is 30.7 Å². The first kappa shape index (κ1) is 18.7. The van der Waals surface area contributed by atoms with E-state index in [-0.39, 0.29) is 17.2 Å². The quantitative estimate of drug-likeness (QED) is 0.592. The van der Waals surface area contributed by atoms with Crippen molar-refractivity contribution in [1.82, 2.24) is 9.47 Å². The molecule has 28 heavy (non-hydrogen) atoms. The van der Waals surface area contributed by atoms with Crippen molar-refractivity contribution in [3.8, 4) is 5.69 Å². The maximum Gasteiger partial charge on any atom is 0.283 e. The summed E-state index contributed by atoms with van der Waals surface area (Å²) in [6.07, 6.45) is 3.56. The van der Waals surface area contributed by atoms with Crippen LogP contribution in [0, 0.1) is 25.1 Å². The summed E-state index contributed by atoms with van der Waals surface area (Å²) in [7, 11) is 0. The Bertz CT molecular complexity index is 1100. The van der Waals surface area contributed by atoms with Crippen LogP contribution in [0.2, 0.25) is 0 Å². The molecule has 142 valence electrons. The van der Waals surface area contributed by atoms with E-state index in [2.05, 4.69) is 9.39 Å². The topological polar surface area (TPSA) is 73.8 Å². The highest BCUT2D eigenvalue weighted by molar-refractivity contribution is 8.18. The van der Waals surface area contributed by atoms with Crippen molar-refractivity contribution in [2.24, 2.45) is 9.39 Å². The Kier molecular flexibility index (Phi) is 4.72. The third kappa shape index (κ3) is 3.00. The van der Waals surface area contributed by atoms with E-state index in [1.165, 1.54) is 23.9 Å². The number of hydrogen-bond acceptors (Lipinski definition) is 5. The second kappa shape index (κ2) is 7.06. The van der Waals surface area contributed by atoms with Crippen molar-refractivity contribution in [1.29, 1.82) is 5.41 Å². The predicted molar refractivity (Wildman–Crippen MR) is 114 cm³/mol. The Labute approximate surface area is 169 Å². The van der Waals surface area contributed by atoms with Crippen LogP contribution in [0.25, 0.3) is 11.8 Å². The van der Waals surface area contributed by atoms with E-state index in [9.17, 15) is 9.18 Å². The van der Waals surface area contributed by atoms with Gasteiger partial charge >= 0.3 is 0 Å². The summed E-state index contributed by atoms with van der Waals surface area (Å²) in [6.45, 7) is 3.87. The van der Waals surface area contributed by atoms with Gasteiger partial charge in [0.05, 0.1) is 17.5 Å². The van der Waals surface area contributed by atoms with Crippen LogP contribution in [0.15, 0.2) is 45.3 Å². The monoisotopic (exact) mass is 413 g/mol. The summed E-state index contributed by atoms with van der Waals surface area (Å²) in [5, 5.41) is 9.54. The van der Waals surface area contributed by atoms with Gasteiger partial charge in [0.25, 0.3) is 5.91 Å². The number of carbonyl (C=O) groups is 1. The number of carbonyl (C=O) groups excluding carboxylic acids is 1. The number of amides is 1. The minimum Gasteiger partial charge on any atom is -0.318 e.